The quantitative estimate of drug-likeness (QED) is 0.0763. The van der Waals surface area contributed by atoms with E-state index < -0.39 is 25.4 Å². The molecule has 0 aliphatic rings. The molecule has 8 nitrogen and oxygen atoms in total. The lowest BCUT2D eigenvalue weighted by atomic mass is 9.98. The van der Waals surface area contributed by atoms with Gasteiger partial charge >= 0.3 is 13.3 Å². The summed E-state index contributed by atoms with van der Waals surface area (Å²) in [7, 11) is 1.45. The van der Waals surface area contributed by atoms with E-state index in [4.69, 9.17) is 23.7 Å². The van der Waals surface area contributed by atoms with Crippen molar-refractivity contribution in [1.29, 1.82) is 0 Å². The summed E-state index contributed by atoms with van der Waals surface area (Å²) in [6.07, 6.45) is -1.01. The second kappa shape index (κ2) is 14.3. The van der Waals surface area contributed by atoms with Crippen molar-refractivity contribution in [2.75, 3.05) is 21.3 Å². The third-order valence-corrected chi connectivity index (χ3v) is 8.33. The van der Waals surface area contributed by atoms with Crippen molar-refractivity contribution in [2.24, 2.45) is 0 Å². The highest BCUT2D eigenvalue weighted by Gasteiger charge is 2.41. The van der Waals surface area contributed by atoms with Crippen LogP contribution in [0, 0.1) is 0 Å². The highest BCUT2D eigenvalue weighted by Crippen LogP contribution is 2.41. The second-order valence-corrected chi connectivity index (χ2v) is 11.1. The Bertz CT molecular complexity index is 1760. The fraction of sp³-hybridized carbons (Fsp3) is 0.111. The Hall–Kier alpha value is -5.46. The molecule has 0 radical (unpaired) electrons. The molecule has 0 amide bonds. The minimum Gasteiger partial charge on any atom is -0.496 e. The third-order valence-electron chi connectivity index (χ3n) is 6.91. The van der Waals surface area contributed by atoms with Gasteiger partial charge in [0.25, 0.3) is 6.29 Å². The standard InChI is InChI=1S/C36H30O8P/c1-40-26-22-30(41-2)33(31(23-26)42-3)35(38)45(39)32-21-13-12-20-29(32)34(37)27-18-10-11-19-28(27)36(43-24-14-6-4-7-15-24)44-25-16-8-5-9-17-25/h4-23,36H,1-3H3/q+1. The van der Waals surface area contributed by atoms with Gasteiger partial charge in [0.2, 0.25) is 5.30 Å². The van der Waals surface area contributed by atoms with Gasteiger partial charge in [0.05, 0.1) is 26.9 Å². The fourth-order valence-electron chi connectivity index (χ4n) is 4.72. The summed E-state index contributed by atoms with van der Waals surface area (Å²) in [5.74, 6) is 1.28. The lowest BCUT2D eigenvalue weighted by molar-refractivity contribution is 0.00324. The van der Waals surface area contributed by atoms with Crippen LogP contribution in [0.2, 0.25) is 0 Å². The van der Waals surface area contributed by atoms with Crippen LogP contribution in [0.1, 0.15) is 38.1 Å². The highest BCUT2D eigenvalue weighted by molar-refractivity contribution is 7.71. The normalized spacial score (nSPS) is 11.0. The Kier molecular flexibility index (Phi) is 9.87. The molecule has 5 rings (SSSR count). The number of carbonyl (C=O) groups is 2. The van der Waals surface area contributed by atoms with E-state index in [0.717, 1.165) is 0 Å². The number of hydrogen-bond acceptors (Lipinski definition) is 8. The topological polar surface area (TPSA) is 97.4 Å². The number of carbonyl (C=O) groups excluding carboxylic acids is 2. The number of hydrogen-bond donors (Lipinski definition) is 0. The molecule has 1 unspecified atom stereocenters. The van der Waals surface area contributed by atoms with E-state index in [2.05, 4.69) is 0 Å². The monoisotopic (exact) mass is 621 g/mol. The van der Waals surface area contributed by atoms with E-state index in [-0.39, 0.29) is 33.5 Å². The molecule has 5 aromatic rings. The van der Waals surface area contributed by atoms with Gasteiger partial charge in [0.15, 0.2) is 11.3 Å². The number of rotatable bonds is 13. The molecule has 0 aromatic heterocycles. The number of ketones is 1. The summed E-state index contributed by atoms with van der Waals surface area (Å²) in [5, 5.41) is 0.0710. The Morgan fingerprint density at radius 1 is 0.578 bits per heavy atom. The van der Waals surface area contributed by atoms with E-state index in [1.807, 2.05) is 36.4 Å². The lowest BCUT2D eigenvalue weighted by Gasteiger charge is -2.23. The van der Waals surface area contributed by atoms with Crippen LogP contribution in [-0.4, -0.2) is 32.6 Å². The van der Waals surface area contributed by atoms with Gasteiger partial charge in [-0.25, -0.2) is 4.79 Å². The van der Waals surface area contributed by atoms with E-state index in [0.29, 0.717) is 22.8 Å². The van der Waals surface area contributed by atoms with Crippen LogP contribution in [0.4, 0.5) is 0 Å². The first-order valence-electron chi connectivity index (χ1n) is 13.9. The maximum Gasteiger partial charge on any atom is 0.459 e. The van der Waals surface area contributed by atoms with Gasteiger partial charge in [-0.15, -0.1) is 0 Å². The fourth-order valence-corrected chi connectivity index (χ4v) is 5.98. The Labute approximate surface area is 261 Å². The lowest BCUT2D eigenvalue weighted by Crippen LogP contribution is -2.21. The molecule has 5 aromatic carbocycles. The average molecular weight is 622 g/mol. The van der Waals surface area contributed by atoms with Crippen LogP contribution in [0.5, 0.6) is 28.7 Å². The maximum atomic E-state index is 14.3. The summed E-state index contributed by atoms with van der Waals surface area (Å²) >= 11 is 0. The molecule has 0 saturated carbocycles. The molecule has 0 saturated heterocycles. The molecule has 0 aliphatic heterocycles. The molecule has 0 spiro atoms. The number of para-hydroxylation sites is 2. The van der Waals surface area contributed by atoms with Gasteiger partial charge in [0, 0.05) is 23.3 Å². The van der Waals surface area contributed by atoms with Crippen molar-refractivity contribution < 1.29 is 37.8 Å². The van der Waals surface area contributed by atoms with Gasteiger partial charge in [-0.05, 0) is 36.4 Å². The molecule has 0 bridgehead atoms. The van der Waals surface area contributed by atoms with Crippen LogP contribution in [0.15, 0.2) is 121 Å². The predicted molar refractivity (Wildman–Crippen MR) is 171 cm³/mol. The van der Waals surface area contributed by atoms with Crippen molar-refractivity contribution in [1.82, 2.24) is 0 Å². The van der Waals surface area contributed by atoms with Gasteiger partial charge in [-0.3, -0.25) is 4.79 Å². The summed E-state index contributed by atoms with van der Waals surface area (Å²) in [5.41, 5.74) is 0.0380. The van der Waals surface area contributed by atoms with Gasteiger partial charge in [0.1, 0.15) is 28.7 Å². The second-order valence-electron chi connectivity index (χ2n) is 9.63. The zero-order valence-electron chi connectivity index (χ0n) is 24.8. The minimum atomic E-state index is -2.79. The number of methoxy groups -OCH3 is 3. The highest BCUT2D eigenvalue weighted by atomic mass is 31.1. The maximum absolute atomic E-state index is 14.3. The average Bonchev–Trinajstić information content (AvgIpc) is 3.10. The van der Waals surface area contributed by atoms with Gasteiger partial charge in [-0.1, -0.05) is 77.4 Å². The van der Waals surface area contributed by atoms with Gasteiger partial charge in [-0.2, -0.15) is 0 Å². The van der Waals surface area contributed by atoms with E-state index in [9.17, 15) is 14.2 Å². The summed E-state index contributed by atoms with van der Waals surface area (Å²) < 4.78 is 42.6. The summed E-state index contributed by atoms with van der Waals surface area (Å²) in [6, 6.07) is 34.5. The van der Waals surface area contributed by atoms with E-state index >= 15 is 0 Å². The van der Waals surface area contributed by atoms with Crippen molar-refractivity contribution in [3.63, 3.8) is 0 Å². The number of benzene rings is 5. The largest absolute Gasteiger partial charge is 0.496 e. The first-order valence-corrected chi connectivity index (χ1v) is 15.2. The molecular formula is C36H30O8P+. The molecule has 0 fully saturated rings. The molecule has 0 aliphatic carbocycles. The van der Waals surface area contributed by atoms with Gasteiger partial charge < -0.3 is 23.7 Å². The van der Waals surface area contributed by atoms with Crippen LogP contribution < -0.4 is 29.0 Å². The summed E-state index contributed by atoms with van der Waals surface area (Å²) in [4.78, 5) is 28.0. The van der Waals surface area contributed by atoms with Crippen molar-refractivity contribution >= 4 is 24.4 Å². The molecule has 1 atom stereocenters. The van der Waals surface area contributed by atoms with Crippen LogP contribution >= 0.6 is 7.80 Å². The molecule has 0 N–H and O–H groups in total. The third kappa shape index (κ3) is 6.87. The molecule has 226 valence electrons. The van der Waals surface area contributed by atoms with Crippen LogP contribution in [-0.2, 0) is 4.57 Å². The predicted octanol–water partition coefficient (Wildman–Crippen LogP) is 7.39. The SMILES string of the molecule is COc1cc(OC)c(C(=O)[P+](=O)c2ccccc2C(=O)c2ccccc2C(Oc2ccccc2)Oc2ccccc2)c(OC)c1. The van der Waals surface area contributed by atoms with Crippen LogP contribution in [0.3, 0.4) is 0 Å². The number of ether oxygens (including phenoxy) is 5. The van der Waals surface area contributed by atoms with Crippen molar-refractivity contribution in [3.05, 3.63) is 144 Å². The van der Waals surface area contributed by atoms with Crippen molar-refractivity contribution in [3.8, 4) is 28.7 Å². The Morgan fingerprint density at radius 3 is 1.60 bits per heavy atom. The molecule has 0 heterocycles. The minimum absolute atomic E-state index is 0.0165. The van der Waals surface area contributed by atoms with E-state index in [1.165, 1.54) is 39.5 Å². The molecule has 9 heteroatoms. The molecule has 45 heavy (non-hydrogen) atoms. The smallest absolute Gasteiger partial charge is 0.459 e. The van der Waals surface area contributed by atoms with E-state index in [1.54, 1.807) is 66.7 Å². The van der Waals surface area contributed by atoms with Crippen molar-refractivity contribution in [2.45, 2.75) is 6.29 Å². The zero-order valence-corrected chi connectivity index (χ0v) is 25.7. The molecular weight excluding hydrogens is 591 g/mol. The van der Waals surface area contributed by atoms with Crippen LogP contribution in [0.25, 0.3) is 0 Å². The first kappa shape index (κ1) is 31.0. The first-order chi connectivity index (χ1) is 21.9. The Balaban J connectivity index is 1.55. The zero-order chi connectivity index (χ0) is 31.8. The summed E-state index contributed by atoms with van der Waals surface area (Å²) in [6.45, 7) is 0. The Morgan fingerprint density at radius 2 is 1.07 bits per heavy atom.